The SMILES string of the molecule is CON=C1CCc2cc(CCc3ccncc3)ccc21. The second-order valence-corrected chi connectivity index (χ2v) is 5.07. The first-order valence-corrected chi connectivity index (χ1v) is 6.98. The fourth-order valence-corrected chi connectivity index (χ4v) is 2.72. The summed E-state index contributed by atoms with van der Waals surface area (Å²) in [6, 6.07) is 10.9. The molecule has 0 fully saturated rings. The first-order chi connectivity index (χ1) is 9.86. The van der Waals surface area contributed by atoms with Crippen LogP contribution in [0.5, 0.6) is 0 Å². The molecule has 0 aliphatic heterocycles. The lowest BCUT2D eigenvalue weighted by Crippen LogP contribution is -1.97. The molecular weight excluding hydrogens is 248 g/mol. The zero-order chi connectivity index (χ0) is 13.8. The van der Waals surface area contributed by atoms with E-state index in [0.29, 0.717) is 0 Å². The number of fused-ring (bicyclic) bond motifs is 1. The van der Waals surface area contributed by atoms with Crippen molar-refractivity contribution in [1.82, 2.24) is 4.98 Å². The van der Waals surface area contributed by atoms with E-state index in [0.717, 1.165) is 31.4 Å². The van der Waals surface area contributed by atoms with Gasteiger partial charge in [-0.1, -0.05) is 23.4 Å². The van der Waals surface area contributed by atoms with E-state index in [1.165, 1.54) is 22.3 Å². The Kier molecular flexibility index (Phi) is 3.77. The van der Waals surface area contributed by atoms with Crippen molar-refractivity contribution in [2.75, 3.05) is 7.11 Å². The summed E-state index contributed by atoms with van der Waals surface area (Å²) in [5.74, 6) is 0. The molecule has 3 heteroatoms. The Morgan fingerprint density at radius 3 is 2.65 bits per heavy atom. The maximum atomic E-state index is 4.90. The van der Waals surface area contributed by atoms with Gasteiger partial charge in [-0.05, 0) is 54.5 Å². The van der Waals surface area contributed by atoms with E-state index < -0.39 is 0 Å². The average Bonchev–Trinajstić information content (AvgIpc) is 2.89. The summed E-state index contributed by atoms with van der Waals surface area (Å²) in [5, 5.41) is 4.10. The molecule has 0 N–H and O–H groups in total. The maximum absolute atomic E-state index is 4.90. The minimum atomic E-state index is 0.983. The van der Waals surface area contributed by atoms with Gasteiger partial charge >= 0.3 is 0 Å². The van der Waals surface area contributed by atoms with Crippen LogP contribution in [0.2, 0.25) is 0 Å². The third kappa shape index (κ3) is 2.72. The Morgan fingerprint density at radius 1 is 1.05 bits per heavy atom. The summed E-state index contributed by atoms with van der Waals surface area (Å²) in [5.41, 5.74) is 6.44. The number of oxime groups is 1. The van der Waals surface area contributed by atoms with Crippen LogP contribution in [0, 0.1) is 0 Å². The molecular formula is C17H18N2O. The number of hydrogen-bond donors (Lipinski definition) is 0. The van der Waals surface area contributed by atoms with Crippen molar-refractivity contribution < 1.29 is 4.84 Å². The van der Waals surface area contributed by atoms with Crippen LogP contribution in [-0.4, -0.2) is 17.8 Å². The minimum absolute atomic E-state index is 0.983. The topological polar surface area (TPSA) is 34.5 Å². The van der Waals surface area contributed by atoms with Crippen LogP contribution in [0.4, 0.5) is 0 Å². The molecule has 3 rings (SSSR count). The first kappa shape index (κ1) is 12.9. The second kappa shape index (κ2) is 5.87. The van der Waals surface area contributed by atoms with E-state index >= 15 is 0 Å². The molecule has 0 atom stereocenters. The molecule has 0 bridgehead atoms. The third-order valence-electron chi connectivity index (χ3n) is 3.76. The Labute approximate surface area is 119 Å². The molecule has 0 radical (unpaired) electrons. The Morgan fingerprint density at radius 2 is 1.85 bits per heavy atom. The largest absolute Gasteiger partial charge is 0.399 e. The second-order valence-electron chi connectivity index (χ2n) is 5.07. The molecule has 1 heterocycles. The van der Waals surface area contributed by atoms with E-state index in [2.05, 4.69) is 40.5 Å². The van der Waals surface area contributed by atoms with Crippen LogP contribution in [0.3, 0.4) is 0 Å². The summed E-state index contributed by atoms with van der Waals surface area (Å²) in [4.78, 5) is 8.95. The van der Waals surface area contributed by atoms with Crippen molar-refractivity contribution in [2.45, 2.75) is 25.7 Å². The van der Waals surface area contributed by atoms with E-state index in [-0.39, 0.29) is 0 Å². The highest BCUT2D eigenvalue weighted by molar-refractivity contribution is 6.04. The van der Waals surface area contributed by atoms with Gasteiger partial charge in [0.1, 0.15) is 7.11 Å². The molecule has 20 heavy (non-hydrogen) atoms. The molecule has 2 aromatic rings. The normalized spacial score (nSPS) is 15.3. The molecule has 0 saturated heterocycles. The van der Waals surface area contributed by atoms with Crippen LogP contribution in [0.25, 0.3) is 0 Å². The highest BCUT2D eigenvalue weighted by atomic mass is 16.6. The van der Waals surface area contributed by atoms with Crippen molar-refractivity contribution in [3.63, 3.8) is 0 Å². The summed E-state index contributed by atoms with van der Waals surface area (Å²) in [6.45, 7) is 0. The summed E-state index contributed by atoms with van der Waals surface area (Å²) in [7, 11) is 1.61. The lowest BCUT2D eigenvalue weighted by Gasteiger charge is -2.05. The van der Waals surface area contributed by atoms with Crippen molar-refractivity contribution in [2.24, 2.45) is 5.16 Å². The lowest BCUT2D eigenvalue weighted by atomic mass is 10.0. The predicted octanol–water partition coefficient (Wildman–Crippen LogP) is 3.16. The number of aromatic nitrogens is 1. The average molecular weight is 266 g/mol. The smallest absolute Gasteiger partial charge is 0.106 e. The molecule has 0 unspecified atom stereocenters. The monoisotopic (exact) mass is 266 g/mol. The molecule has 0 amide bonds. The predicted molar refractivity (Wildman–Crippen MR) is 80.0 cm³/mol. The molecule has 0 saturated carbocycles. The number of rotatable bonds is 4. The molecule has 1 aliphatic carbocycles. The number of nitrogens with zero attached hydrogens (tertiary/aromatic N) is 2. The summed E-state index contributed by atoms with van der Waals surface area (Å²) >= 11 is 0. The molecule has 1 aliphatic rings. The van der Waals surface area contributed by atoms with Crippen LogP contribution < -0.4 is 0 Å². The number of pyridine rings is 1. The van der Waals surface area contributed by atoms with Crippen LogP contribution in [0.1, 0.15) is 28.7 Å². The fraction of sp³-hybridized carbons (Fsp3) is 0.294. The van der Waals surface area contributed by atoms with Crippen molar-refractivity contribution in [1.29, 1.82) is 0 Å². The molecule has 1 aromatic heterocycles. The number of hydrogen-bond acceptors (Lipinski definition) is 3. The van der Waals surface area contributed by atoms with E-state index in [1.54, 1.807) is 7.11 Å². The van der Waals surface area contributed by atoms with E-state index in [1.807, 2.05) is 12.4 Å². The van der Waals surface area contributed by atoms with Crippen LogP contribution in [0.15, 0.2) is 47.9 Å². The molecule has 1 aromatic carbocycles. The van der Waals surface area contributed by atoms with Gasteiger partial charge in [-0.25, -0.2) is 0 Å². The highest BCUT2D eigenvalue weighted by Crippen LogP contribution is 2.24. The van der Waals surface area contributed by atoms with E-state index in [4.69, 9.17) is 4.84 Å². The van der Waals surface area contributed by atoms with Crippen molar-refractivity contribution >= 4 is 5.71 Å². The zero-order valence-electron chi connectivity index (χ0n) is 11.7. The summed E-state index contributed by atoms with van der Waals surface area (Å²) < 4.78 is 0. The first-order valence-electron chi connectivity index (χ1n) is 6.98. The lowest BCUT2D eigenvalue weighted by molar-refractivity contribution is 0.213. The van der Waals surface area contributed by atoms with Gasteiger partial charge in [-0.3, -0.25) is 4.98 Å². The summed E-state index contributed by atoms with van der Waals surface area (Å²) in [6.07, 6.45) is 7.88. The van der Waals surface area contributed by atoms with Crippen molar-refractivity contribution in [3.05, 3.63) is 65.0 Å². The Balaban J connectivity index is 1.72. The third-order valence-corrected chi connectivity index (χ3v) is 3.76. The van der Waals surface area contributed by atoms with Gasteiger partial charge in [0.2, 0.25) is 0 Å². The Hall–Kier alpha value is -2.16. The van der Waals surface area contributed by atoms with Gasteiger partial charge in [0.05, 0.1) is 5.71 Å². The van der Waals surface area contributed by atoms with Crippen molar-refractivity contribution in [3.8, 4) is 0 Å². The number of aryl methyl sites for hydroxylation is 3. The Bertz CT molecular complexity index is 620. The van der Waals surface area contributed by atoms with E-state index in [9.17, 15) is 0 Å². The molecule has 0 spiro atoms. The van der Waals surface area contributed by atoms with Crippen LogP contribution >= 0.6 is 0 Å². The maximum Gasteiger partial charge on any atom is 0.106 e. The molecule has 102 valence electrons. The highest BCUT2D eigenvalue weighted by Gasteiger charge is 2.18. The van der Waals surface area contributed by atoms with Gasteiger partial charge in [0.15, 0.2) is 0 Å². The fourth-order valence-electron chi connectivity index (χ4n) is 2.72. The van der Waals surface area contributed by atoms with Crippen LogP contribution in [-0.2, 0) is 24.1 Å². The number of benzene rings is 1. The standard InChI is InChI=1S/C17H18N2O/c1-20-19-17-7-5-15-12-14(4-6-16(15)17)3-2-13-8-10-18-11-9-13/h4,6,8-12H,2-3,5,7H2,1H3. The van der Waals surface area contributed by atoms with Gasteiger partial charge < -0.3 is 4.84 Å². The van der Waals surface area contributed by atoms with Gasteiger partial charge in [-0.15, -0.1) is 0 Å². The zero-order valence-corrected chi connectivity index (χ0v) is 11.7. The quantitative estimate of drug-likeness (QED) is 0.797. The van der Waals surface area contributed by atoms with Gasteiger partial charge in [-0.2, -0.15) is 0 Å². The molecule has 3 nitrogen and oxygen atoms in total. The minimum Gasteiger partial charge on any atom is -0.399 e. The van der Waals surface area contributed by atoms with Gasteiger partial charge in [0, 0.05) is 18.0 Å². The van der Waals surface area contributed by atoms with Gasteiger partial charge in [0.25, 0.3) is 0 Å².